The first-order valence-electron chi connectivity index (χ1n) is 2.81. The van der Waals surface area contributed by atoms with Crippen molar-refractivity contribution < 1.29 is 9.59 Å². The van der Waals surface area contributed by atoms with Gasteiger partial charge in [-0.25, -0.2) is 0 Å². The first kappa shape index (κ1) is 7.57. The van der Waals surface area contributed by atoms with Gasteiger partial charge in [-0.3, -0.25) is 0 Å². The summed E-state index contributed by atoms with van der Waals surface area (Å²) in [5.41, 5.74) is 0.727. The van der Waals surface area contributed by atoms with Gasteiger partial charge in [0.25, 0.3) is 0 Å². The van der Waals surface area contributed by atoms with Crippen molar-refractivity contribution in [2.45, 2.75) is 5.82 Å². The molecule has 4 nitrogen and oxygen atoms in total. The van der Waals surface area contributed by atoms with Crippen molar-refractivity contribution in [2.24, 2.45) is 0 Å². The van der Waals surface area contributed by atoms with Gasteiger partial charge in [0.05, 0.1) is 0 Å². The van der Waals surface area contributed by atoms with Crippen LogP contribution < -0.4 is 5.32 Å². The van der Waals surface area contributed by atoms with E-state index in [0.29, 0.717) is 15.0 Å². The Balaban J connectivity index is 2.46. The van der Waals surface area contributed by atoms with Crippen molar-refractivity contribution in [1.29, 1.82) is 0 Å². The van der Waals surface area contributed by atoms with Gasteiger partial charge in [0.1, 0.15) is 0 Å². The maximum absolute atomic E-state index is 10.8. The molecule has 1 heterocycles. The normalized spacial score (nSPS) is 17.9. The number of hydrogen-bond acceptors (Lipinski definition) is 2. The quantitative estimate of drug-likeness (QED) is 0.478. The molecule has 0 aromatic heterocycles. The van der Waals surface area contributed by atoms with Crippen LogP contribution in [0.15, 0.2) is 0 Å². The second-order valence-electron chi connectivity index (χ2n) is 1.97. The van der Waals surface area contributed by atoms with E-state index in [4.69, 9.17) is 0 Å². The average molecular weight is 207 g/mol. The molecule has 0 aliphatic carbocycles. The Labute approximate surface area is 65.1 Å². The van der Waals surface area contributed by atoms with E-state index in [1.54, 1.807) is 0 Å². The van der Waals surface area contributed by atoms with Crippen LogP contribution in [0, 0.1) is 0 Å². The molecule has 0 unspecified atom stereocenters. The number of nitrogens with zero attached hydrogens (tertiary/aromatic N) is 1. The van der Waals surface area contributed by atoms with Gasteiger partial charge in [-0.15, -0.1) is 0 Å². The van der Waals surface area contributed by atoms with Gasteiger partial charge in [0, 0.05) is 0 Å². The van der Waals surface area contributed by atoms with E-state index >= 15 is 0 Å². The fraction of sp³-hybridized carbons (Fsp3) is 0.600. The third-order valence-corrected chi connectivity index (χ3v) is 2.35. The molecule has 1 fully saturated rings. The molecule has 1 saturated heterocycles. The molecule has 0 radical (unpaired) electrons. The Morgan fingerprint density at radius 1 is 1.70 bits per heavy atom. The molecular weight excluding hydrogens is 199 g/mol. The number of urea groups is 1. The maximum atomic E-state index is 10.8. The molecular formula is C5H8N2O2Se. The van der Waals surface area contributed by atoms with E-state index in [1.165, 1.54) is 4.90 Å². The number of hydrogen-bond donors (Lipinski definition) is 1. The SMILES string of the molecule is C[Se]CN1CC(=O)NC1=O. The first-order chi connectivity index (χ1) is 4.74. The molecule has 1 N–H and O–H groups in total. The average Bonchev–Trinajstić information content (AvgIpc) is 2.13. The van der Waals surface area contributed by atoms with Crippen molar-refractivity contribution in [3.63, 3.8) is 0 Å². The monoisotopic (exact) mass is 208 g/mol. The van der Waals surface area contributed by atoms with Gasteiger partial charge in [-0.05, 0) is 0 Å². The predicted octanol–water partition coefficient (Wildman–Crippen LogP) is -0.752. The van der Waals surface area contributed by atoms with E-state index in [9.17, 15) is 9.59 Å². The van der Waals surface area contributed by atoms with Gasteiger partial charge in [-0.1, -0.05) is 0 Å². The molecule has 1 rings (SSSR count). The molecule has 1 aliphatic rings. The van der Waals surface area contributed by atoms with Crippen LogP contribution in [0.3, 0.4) is 0 Å². The zero-order valence-electron chi connectivity index (χ0n) is 5.59. The molecule has 0 saturated carbocycles. The van der Waals surface area contributed by atoms with Crippen molar-refractivity contribution in [3.05, 3.63) is 0 Å². The van der Waals surface area contributed by atoms with Crippen molar-refractivity contribution >= 4 is 26.9 Å². The third-order valence-electron chi connectivity index (χ3n) is 1.15. The zero-order chi connectivity index (χ0) is 7.56. The minimum atomic E-state index is -0.242. The zero-order valence-corrected chi connectivity index (χ0v) is 7.30. The number of imide groups is 1. The fourth-order valence-electron chi connectivity index (χ4n) is 0.743. The second kappa shape index (κ2) is 3.03. The molecule has 1 aliphatic heterocycles. The number of amides is 3. The summed E-state index contributed by atoms with van der Waals surface area (Å²) in [5, 5.41) is 2.21. The van der Waals surface area contributed by atoms with Crippen molar-refractivity contribution in [3.8, 4) is 0 Å². The van der Waals surface area contributed by atoms with Gasteiger partial charge >= 0.3 is 64.5 Å². The number of carbonyl (C=O) groups is 2. The van der Waals surface area contributed by atoms with Crippen LogP contribution in [0.4, 0.5) is 4.79 Å². The Morgan fingerprint density at radius 2 is 2.40 bits per heavy atom. The number of carbonyl (C=O) groups excluding carboxylic acids is 2. The van der Waals surface area contributed by atoms with Crippen LogP contribution >= 0.6 is 0 Å². The summed E-state index contributed by atoms with van der Waals surface area (Å²) in [6.07, 6.45) is 0. The third kappa shape index (κ3) is 1.49. The summed E-state index contributed by atoms with van der Waals surface area (Å²) in [6, 6.07) is -0.242. The van der Waals surface area contributed by atoms with Crippen molar-refractivity contribution in [2.75, 3.05) is 12.0 Å². The molecule has 10 heavy (non-hydrogen) atoms. The first-order valence-corrected chi connectivity index (χ1v) is 5.74. The summed E-state index contributed by atoms with van der Waals surface area (Å²) in [4.78, 5) is 22.9. The molecule has 0 aromatic carbocycles. The molecule has 0 atom stereocenters. The summed E-state index contributed by atoms with van der Waals surface area (Å²) >= 11 is 0.419. The van der Waals surface area contributed by atoms with E-state index in [1.807, 2.05) is 5.82 Å². The van der Waals surface area contributed by atoms with Crippen LogP contribution in [-0.2, 0) is 4.79 Å². The van der Waals surface area contributed by atoms with Gasteiger partial charge in [-0.2, -0.15) is 0 Å². The minimum absolute atomic E-state index is 0.186. The Bertz CT molecular complexity index is 171. The topological polar surface area (TPSA) is 49.4 Å². The van der Waals surface area contributed by atoms with Crippen molar-refractivity contribution in [1.82, 2.24) is 10.2 Å². The number of rotatable bonds is 2. The van der Waals surface area contributed by atoms with Gasteiger partial charge in [0.15, 0.2) is 0 Å². The van der Waals surface area contributed by atoms with E-state index in [2.05, 4.69) is 5.32 Å². The molecule has 56 valence electrons. The summed E-state index contributed by atoms with van der Waals surface area (Å²) in [6.45, 7) is 0.244. The molecule has 0 aromatic rings. The van der Waals surface area contributed by atoms with E-state index in [-0.39, 0.29) is 18.5 Å². The summed E-state index contributed by atoms with van der Waals surface area (Å²) < 4.78 is 0. The van der Waals surface area contributed by atoms with Crippen LogP contribution in [0.2, 0.25) is 5.82 Å². The molecule has 0 bridgehead atoms. The van der Waals surface area contributed by atoms with Crippen LogP contribution in [-0.4, -0.2) is 43.8 Å². The Morgan fingerprint density at radius 3 is 2.80 bits per heavy atom. The second-order valence-corrected chi connectivity index (χ2v) is 3.72. The number of nitrogens with one attached hydrogen (secondary N) is 1. The summed E-state index contributed by atoms with van der Waals surface area (Å²) in [7, 11) is 0. The predicted molar refractivity (Wildman–Crippen MR) is 36.7 cm³/mol. The standard InChI is InChI=1S/C5H8N2O2Se/c1-10-3-7-2-4(8)6-5(7)9/h2-3H2,1H3,(H,6,8,9). The van der Waals surface area contributed by atoms with E-state index in [0.717, 1.165) is 5.44 Å². The van der Waals surface area contributed by atoms with Crippen LogP contribution in [0.5, 0.6) is 0 Å². The molecule has 3 amide bonds. The van der Waals surface area contributed by atoms with Crippen LogP contribution in [0.1, 0.15) is 0 Å². The van der Waals surface area contributed by atoms with E-state index < -0.39 is 0 Å². The molecule has 5 heteroatoms. The summed E-state index contributed by atoms with van der Waals surface area (Å²) in [5.74, 6) is 1.84. The fourth-order valence-corrected chi connectivity index (χ4v) is 1.83. The van der Waals surface area contributed by atoms with Crippen LogP contribution in [0.25, 0.3) is 0 Å². The Kier molecular flexibility index (Phi) is 2.29. The molecule has 0 spiro atoms. The Hall–Kier alpha value is -0.541. The van der Waals surface area contributed by atoms with Gasteiger partial charge in [0.2, 0.25) is 0 Å². The van der Waals surface area contributed by atoms with Gasteiger partial charge < -0.3 is 0 Å².